The molecule has 3 nitrogen and oxygen atoms in total. The second kappa shape index (κ2) is 7.09. The summed E-state index contributed by atoms with van der Waals surface area (Å²) in [4.78, 5) is 4.36. The van der Waals surface area contributed by atoms with Gasteiger partial charge < -0.3 is 10.1 Å². The third-order valence-corrected chi connectivity index (χ3v) is 3.66. The maximum atomic E-state index is 5.85. The van der Waals surface area contributed by atoms with Crippen molar-refractivity contribution in [2.75, 3.05) is 13.2 Å². The molecule has 17 heavy (non-hydrogen) atoms. The molecule has 1 aromatic rings. The summed E-state index contributed by atoms with van der Waals surface area (Å²) in [5.74, 6) is 0. The van der Waals surface area contributed by atoms with Gasteiger partial charge in [0.05, 0.1) is 10.6 Å². The Morgan fingerprint density at radius 1 is 1.47 bits per heavy atom. The highest BCUT2D eigenvalue weighted by Gasteiger charge is 2.30. The fraction of sp³-hybridized carbons (Fsp3) is 0.769. The molecule has 0 aromatic carbocycles. The minimum absolute atomic E-state index is 0.157. The SMILES string of the molecule is CCCNC(Cc1nccs1)C(C)(C)OCC. The van der Waals surface area contributed by atoms with Crippen LogP contribution in [0.5, 0.6) is 0 Å². The molecule has 1 atom stereocenters. The molecule has 0 amide bonds. The standard InChI is InChI=1S/C13H24N2OS/c1-5-7-14-11(13(3,4)16-6-2)10-12-15-8-9-17-12/h8-9,11,14H,5-7,10H2,1-4H3. The van der Waals surface area contributed by atoms with E-state index in [0.29, 0.717) is 6.04 Å². The number of hydrogen-bond acceptors (Lipinski definition) is 4. The predicted molar refractivity (Wildman–Crippen MR) is 73.6 cm³/mol. The van der Waals surface area contributed by atoms with Crippen molar-refractivity contribution in [2.45, 2.75) is 52.2 Å². The van der Waals surface area contributed by atoms with Gasteiger partial charge in [0.2, 0.25) is 0 Å². The monoisotopic (exact) mass is 256 g/mol. The molecule has 0 fully saturated rings. The van der Waals surface area contributed by atoms with Crippen molar-refractivity contribution in [3.8, 4) is 0 Å². The Kier molecular flexibility index (Phi) is 6.09. The van der Waals surface area contributed by atoms with Gasteiger partial charge in [0.15, 0.2) is 0 Å². The van der Waals surface area contributed by atoms with Gasteiger partial charge in [-0.2, -0.15) is 0 Å². The molecule has 1 aromatic heterocycles. The van der Waals surface area contributed by atoms with Crippen molar-refractivity contribution in [1.82, 2.24) is 10.3 Å². The van der Waals surface area contributed by atoms with Gasteiger partial charge in [-0.3, -0.25) is 0 Å². The van der Waals surface area contributed by atoms with Crippen LogP contribution in [0.15, 0.2) is 11.6 Å². The van der Waals surface area contributed by atoms with E-state index in [-0.39, 0.29) is 5.60 Å². The molecule has 4 heteroatoms. The van der Waals surface area contributed by atoms with Gasteiger partial charge in [-0.1, -0.05) is 6.92 Å². The van der Waals surface area contributed by atoms with Gasteiger partial charge in [0.1, 0.15) is 0 Å². The van der Waals surface area contributed by atoms with Gasteiger partial charge in [-0.25, -0.2) is 4.98 Å². The molecular formula is C13H24N2OS. The van der Waals surface area contributed by atoms with E-state index in [0.717, 1.165) is 26.0 Å². The Bertz CT molecular complexity index is 298. The normalized spacial score (nSPS) is 13.9. The lowest BCUT2D eigenvalue weighted by atomic mass is 9.95. The summed E-state index contributed by atoms with van der Waals surface area (Å²) in [6, 6.07) is 0.313. The molecule has 0 aliphatic carbocycles. The van der Waals surface area contributed by atoms with Crippen LogP contribution in [0.25, 0.3) is 0 Å². The van der Waals surface area contributed by atoms with E-state index in [9.17, 15) is 0 Å². The first-order chi connectivity index (χ1) is 8.10. The highest BCUT2D eigenvalue weighted by molar-refractivity contribution is 7.09. The van der Waals surface area contributed by atoms with Crippen molar-refractivity contribution >= 4 is 11.3 Å². The molecule has 0 aliphatic rings. The fourth-order valence-electron chi connectivity index (χ4n) is 1.88. The molecule has 0 saturated heterocycles. The van der Waals surface area contributed by atoms with Crippen LogP contribution in [0.4, 0.5) is 0 Å². The first-order valence-electron chi connectivity index (χ1n) is 6.35. The second-order valence-electron chi connectivity index (χ2n) is 4.67. The minimum atomic E-state index is -0.157. The third-order valence-electron chi connectivity index (χ3n) is 2.86. The maximum Gasteiger partial charge on any atom is 0.0941 e. The molecule has 0 saturated carbocycles. The van der Waals surface area contributed by atoms with E-state index in [2.05, 4.69) is 31.1 Å². The first-order valence-corrected chi connectivity index (χ1v) is 7.23. The number of hydrogen-bond donors (Lipinski definition) is 1. The lowest BCUT2D eigenvalue weighted by Gasteiger charge is -2.34. The van der Waals surface area contributed by atoms with Crippen LogP contribution in [0.2, 0.25) is 0 Å². The fourth-order valence-corrected chi connectivity index (χ4v) is 2.55. The summed E-state index contributed by atoms with van der Waals surface area (Å²) < 4.78 is 5.85. The molecule has 1 unspecified atom stereocenters. The van der Waals surface area contributed by atoms with Crippen molar-refractivity contribution in [3.63, 3.8) is 0 Å². The Morgan fingerprint density at radius 2 is 2.24 bits per heavy atom. The lowest BCUT2D eigenvalue weighted by molar-refractivity contribution is -0.0380. The van der Waals surface area contributed by atoms with Gasteiger partial charge >= 0.3 is 0 Å². The summed E-state index contributed by atoms with van der Waals surface area (Å²) in [6.45, 7) is 10.3. The third kappa shape index (κ3) is 4.74. The van der Waals surface area contributed by atoms with E-state index >= 15 is 0 Å². The lowest BCUT2D eigenvalue weighted by Crippen LogP contribution is -2.50. The van der Waals surface area contributed by atoms with Gasteiger partial charge in [-0.05, 0) is 33.7 Å². The molecule has 1 rings (SSSR count). The summed E-state index contributed by atoms with van der Waals surface area (Å²) in [5.41, 5.74) is -0.157. The van der Waals surface area contributed by atoms with Crippen LogP contribution in [0.3, 0.4) is 0 Å². The highest BCUT2D eigenvalue weighted by Crippen LogP contribution is 2.20. The zero-order valence-electron chi connectivity index (χ0n) is 11.3. The molecule has 0 spiro atoms. The average molecular weight is 256 g/mol. The minimum Gasteiger partial charge on any atom is -0.374 e. The van der Waals surface area contributed by atoms with Crippen LogP contribution < -0.4 is 5.32 Å². The predicted octanol–water partition coefficient (Wildman–Crippen LogP) is 2.87. The molecular weight excluding hydrogens is 232 g/mol. The quantitative estimate of drug-likeness (QED) is 0.776. The number of nitrogens with zero attached hydrogens (tertiary/aromatic N) is 1. The van der Waals surface area contributed by atoms with Crippen LogP contribution in [-0.4, -0.2) is 29.8 Å². The van der Waals surface area contributed by atoms with Crippen molar-refractivity contribution in [1.29, 1.82) is 0 Å². The molecule has 0 aliphatic heterocycles. The van der Waals surface area contributed by atoms with Crippen LogP contribution in [0, 0.1) is 0 Å². The Hall–Kier alpha value is -0.450. The topological polar surface area (TPSA) is 34.2 Å². The van der Waals surface area contributed by atoms with Crippen molar-refractivity contribution in [3.05, 3.63) is 16.6 Å². The van der Waals surface area contributed by atoms with E-state index in [1.807, 2.05) is 18.5 Å². The second-order valence-corrected chi connectivity index (χ2v) is 5.65. The van der Waals surface area contributed by atoms with Crippen LogP contribution in [-0.2, 0) is 11.2 Å². The zero-order chi connectivity index (χ0) is 12.7. The van der Waals surface area contributed by atoms with Crippen LogP contribution >= 0.6 is 11.3 Å². The summed E-state index contributed by atoms with van der Waals surface area (Å²) in [6.07, 6.45) is 3.94. The zero-order valence-corrected chi connectivity index (χ0v) is 12.1. The van der Waals surface area contributed by atoms with Gasteiger partial charge in [0, 0.05) is 30.6 Å². The van der Waals surface area contributed by atoms with E-state index in [1.165, 1.54) is 5.01 Å². The molecule has 1 N–H and O–H groups in total. The number of thiazole rings is 1. The Morgan fingerprint density at radius 3 is 2.76 bits per heavy atom. The molecule has 98 valence electrons. The van der Waals surface area contributed by atoms with Crippen molar-refractivity contribution < 1.29 is 4.74 Å². The molecule has 0 radical (unpaired) electrons. The maximum absolute atomic E-state index is 5.85. The van der Waals surface area contributed by atoms with Gasteiger partial charge in [0.25, 0.3) is 0 Å². The largest absolute Gasteiger partial charge is 0.374 e. The Labute approximate surface area is 109 Å². The molecule has 0 bridgehead atoms. The van der Waals surface area contributed by atoms with E-state index in [1.54, 1.807) is 11.3 Å². The highest BCUT2D eigenvalue weighted by atomic mass is 32.1. The number of rotatable bonds is 8. The Balaban J connectivity index is 2.65. The average Bonchev–Trinajstić information content (AvgIpc) is 2.76. The number of nitrogens with one attached hydrogen (secondary N) is 1. The van der Waals surface area contributed by atoms with Crippen molar-refractivity contribution in [2.24, 2.45) is 0 Å². The molecule has 1 heterocycles. The summed E-state index contributed by atoms with van der Waals surface area (Å²) in [7, 11) is 0. The summed E-state index contributed by atoms with van der Waals surface area (Å²) >= 11 is 1.71. The van der Waals surface area contributed by atoms with E-state index < -0.39 is 0 Å². The van der Waals surface area contributed by atoms with Crippen LogP contribution in [0.1, 0.15) is 39.1 Å². The number of ether oxygens (including phenoxy) is 1. The first kappa shape index (κ1) is 14.6. The smallest absolute Gasteiger partial charge is 0.0941 e. The summed E-state index contributed by atoms with van der Waals surface area (Å²) in [5, 5.41) is 6.77. The van der Waals surface area contributed by atoms with Gasteiger partial charge in [-0.15, -0.1) is 11.3 Å². The van der Waals surface area contributed by atoms with E-state index in [4.69, 9.17) is 4.74 Å². The number of aromatic nitrogens is 1.